The van der Waals surface area contributed by atoms with Gasteiger partial charge in [0.25, 0.3) is 0 Å². The summed E-state index contributed by atoms with van der Waals surface area (Å²) in [6, 6.07) is 7.51. The molecule has 0 radical (unpaired) electrons. The Bertz CT molecular complexity index is 859. The predicted octanol–water partition coefficient (Wildman–Crippen LogP) is 3.93. The van der Waals surface area contributed by atoms with Crippen molar-refractivity contribution in [2.24, 2.45) is 10.7 Å². The number of nitrogens with zero attached hydrogens (tertiary/aromatic N) is 1. The van der Waals surface area contributed by atoms with Crippen LogP contribution in [0.25, 0.3) is 0 Å². The average molecular weight is 511 g/mol. The predicted molar refractivity (Wildman–Crippen MR) is 106 cm³/mol. The van der Waals surface area contributed by atoms with E-state index in [4.69, 9.17) is 15.2 Å². The minimum absolute atomic E-state index is 0. The van der Waals surface area contributed by atoms with Gasteiger partial charge >= 0.3 is 6.18 Å². The van der Waals surface area contributed by atoms with Gasteiger partial charge in [-0.25, -0.2) is 9.38 Å². The van der Waals surface area contributed by atoms with E-state index < -0.39 is 17.6 Å². The molecule has 1 aliphatic rings. The van der Waals surface area contributed by atoms with Gasteiger partial charge in [-0.3, -0.25) is 0 Å². The minimum Gasteiger partial charge on any atom is -0.467 e. The summed E-state index contributed by atoms with van der Waals surface area (Å²) < 4.78 is 62.4. The van der Waals surface area contributed by atoms with E-state index in [-0.39, 0.29) is 56.4 Å². The van der Waals surface area contributed by atoms with Crippen LogP contribution in [0.1, 0.15) is 22.3 Å². The van der Waals surface area contributed by atoms with Crippen LogP contribution in [0.3, 0.4) is 0 Å². The molecule has 152 valence electrons. The summed E-state index contributed by atoms with van der Waals surface area (Å²) in [5, 5.41) is 2.81. The number of guanidine groups is 1. The molecule has 28 heavy (non-hydrogen) atoms. The van der Waals surface area contributed by atoms with E-state index in [1.165, 1.54) is 24.3 Å². The van der Waals surface area contributed by atoms with Crippen LogP contribution in [0.15, 0.2) is 41.4 Å². The number of benzene rings is 2. The molecule has 1 aliphatic heterocycles. The molecule has 1 heterocycles. The van der Waals surface area contributed by atoms with Gasteiger partial charge in [0.15, 0.2) is 12.8 Å². The molecule has 0 bridgehead atoms. The molecule has 0 aliphatic carbocycles. The van der Waals surface area contributed by atoms with Gasteiger partial charge in [0, 0.05) is 17.7 Å². The molecular formula is C18H18F4IN3O2. The van der Waals surface area contributed by atoms with Crippen LogP contribution in [0, 0.1) is 5.82 Å². The largest absolute Gasteiger partial charge is 0.467 e. The fourth-order valence-corrected chi connectivity index (χ4v) is 2.65. The van der Waals surface area contributed by atoms with Crippen LogP contribution in [0.4, 0.5) is 17.6 Å². The van der Waals surface area contributed by atoms with Crippen molar-refractivity contribution in [1.29, 1.82) is 0 Å². The first kappa shape index (κ1) is 22.2. The zero-order chi connectivity index (χ0) is 19.4. The number of hydrogen-bond acceptors (Lipinski definition) is 3. The third-order valence-corrected chi connectivity index (χ3v) is 3.90. The lowest BCUT2D eigenvalue weighted by Crippen LogP contribution is -2.31. The van der Waals surface area contributed by atoms with Crippen molar-refractivity contribution in [1.82, 2.24) is 5.32 Å². The molecule has 2 aromatic carbocycles. The Hall–Kier alpha value is -2.08. The van der Waals surface area contributed by atoms with Gasteiger partial charge in [-0.1, -0.05) is 12.1 Å². The van der Waals surface area contributed by atoms with E-state index in [2.05, 4.69) is 10.3 Å². The van der Waals surface area contributed by atoms with Gasteiger partial charge in [-0.05, 0) is 29.8 Å². The van der Waals surface area contributed by atoms with Crippen molar-refractivity contribution in [3.05, 3.63) is 64.5 Å². The zero-order valence-electron chi connectivity index (χ0n) is 14.6. The van der Waals surface area contributed by atoms with Crippen molar-refractivity contribution in [2.45, 2.75) is 25.9 Å². The number of nitrogens with one attached hydrogen (secondary N) is 1. The topological polar surface area (TPSA) is 68.9 Å². The highest BCUT2D eigenvalue weighted by atomic mass is 127. The van der Waals surface area contributed by atoms with Crippen molar-refractivity contribution in [3.63, 3.8) is 0 Å². The average Bonchev–Trinajstić information content (AvgIpc) is 2.64. The summed E-state index contributed by atoms with van der Waals surface area (Å²) in [5.74, 6) is 0.123. The quantitative estimate of drug-likeness (QED) is 0.283. The van der Waals surface area contributed by atoms with Crippen LogP contribution in [0.2, 0.25) is 0 Å². The van der Waals surface area contributed by atoms with Crippen LogP contribution in [-0.4, -0.2) is 12.8 Å². The monoisotopic (exact) mass is 511 g/mol. The summed E-state index contributed by atoms with van der Waals surface area (Å²) in [6.07, 6.45) is -4.41. The summed E-state index contributed by atoms with van der Waals surface area (Å²) >= 11 is 0. The van der Waals surface area contributed by atoms with Crippen molar-refractivity contribution in [2.75, 3.05) is 6.79 Å². The normalized spacial score (nSPS) is 13.9. The number of nitrogens with two attached hydrogens (primary N) is 1. The highest BCUT2D eigenvalue weighted by molar-refractivity contribution is 14.0. The van der Waals surface area contributed by atoms with Gasteiger partial charge in [-0.15, -0.1) is 24.0 Å². The van der Waals surface area contributed by atoms with E-state index in [1.54, 1.807) is 0 Å². The second-order valence-electron chi connectivity index (χ2n) is 5.92. The smallest absolute Gasteiger partial charge is 0.416 e. The summed E-state index contributed by atoms with van der Waals surface area (Å²) in [5.41, 5.74) is 6.54. The first-order valence-corrected chi connectivity index (χ1v) is 8.04. The Morgan fingerprint density at radius 2 is 2.00 bits per heavy atom. The van der Waals surface area contributed by atoms with Crippen LogP contribution in [-0.2, 0) is 30.6 Å². The fraction of sp³-hybridized carbons (Fsp3) is 0.278. The standard InChI is InChI=1S/C18H17F4N3O2.HI/c19-15-5-12(16-13(6-15)9-26-10-27-16)8-25-17(23)24-7-11-2-1-3-14(4-11)18(20,21)22;/h1-6H,7-10H2,(H3,23,24,25);1H. The molecule has 0 fully saturated rings. The molecule has 0 atom stereocenters. The van der Waals surface area contributed by atoms with E-state index in [9.17, 15) is 17.6 Å². The van der Waals surface area contributed by atoms with E-state index in [0.29, 0.717) is 22.4 Å². The van der Waals surface area contributed by atoms with Crippen molar-refractivity contribution >= 4 is 29.9 Å². The van der Waals surface area contributed by atoms with Crippen LogP contribution < -0.4 is 15.8 Å². The maximum atomic E-state index is 13.7. The molecule has 0 spiro atoms. The van der Waals surface area contributed by atoms with E-state index >= 15 is 0 Å². The third kappa shape index (κ3) is 5.71. The van der Waals surface area contributed by atoms with Crippen molar-refractivity contribution in [3.8, 4) is 5.75 Å². The molecule has 0 amide bonds. The van der Waals surface area contributed by atoms with Gasteiger partial charge in [-0.2, -0.15) is 13.2 Å². The third-order valence-electron chi connectivity index (χ3n) is 3.90. The minimum atomic E-state index is -4.41. The summed E-state index contributed by atoms with van der Waals surface area (Å²) in [4.78, 5) is 4.02. The zero-order valence-corrected chi connectivity index (χ0v) is 16.9. The number of hydrogen-bond donors (Lipinski definition) is 2. The molecular weight excluding hydrogens is 493 g/mol. The highest BCUT2D eigenvalue weighted by Gasteiger charge is 2.30. The van der Waals surface area contributed by atoms with E-state index in [0.717, 1.165) is 12.1 Å². The number of aliphatic imine (C=N–C) groups is 1. The lowest BCUT2D eigenvalue weighted by Gasteiger charge is -2.21. The lowest BCUT2D eigenvalue weighted by atomic mass is 10.1. The molecule has 0 saturated carbocycles. The molecule has 10 heteroatoms. The van der Waals surface area contributed by atoms with Crippen LogP contribution in [0.5, 0.6) is 5.75 Å². The van der Waals surface area contributed by atoms with E-state index in [1.807, 2.05) is 0 Å². The maximum absolute atomic E-state index is 13.7. The second-order valence-corrected chi connectivity index (χ2v) is 5.92. The number of rotatable bonds is 4. The second kappa shape index (κ2) is 9.41. The Balaban J connectivity index is 0.00000280. The Morgan fingerprint density at radius 1 is 1.21 bits per heavy atom. The summed E-state index contributed by atoms with van der Waals surface area (Å²) in [7, 11) is 0. The Labute approximate surface area is 175 Å². The molecule has 0 aromatic heterocycles. The number of ether oxygens (including phenoxy) is 2. The Kier molecular flexibility index (Phi) is 7.47. The van der Waals surface area contributed by atoms with Gasteiger partial charge in [0.2, 0.25) is 0 Å². The lowest BCUT2D eigenvalue weighted by molar-refractivity contribution is -0.137. The van der Waals surface area contributed by atoms with Gasteiger partial charge < -0.3 is 20.5 Å². The summed E-state index contributed by atoms with van der Waals surface area (Å²) in [6.45, 7) is 0.455. The molecule has 2 aromatic rings. The maximum Gasteiger partial charge on any atom is 0.416 e. The molecule has 0 saturated heterocycles. The first-order chi connectivity index (χ1) is 12.8. The molecule has 0 unspecified atom stereocenters. The molecule has 5 nitrogen and oxygen atoms in total. The van der Waals surface area contributed by atoms with Gasteiger partial charge in [0.1, 0.15) is 11.6 Å². The number of alkyl halides is 3. The van der Waals surface area contributed by atoms with Gasteiger partial charge in [0.05, 0.1) is 18.7 Å². The van der Waals surface area contributed by atoms with Crippen LogP contribution >= 0.6 is 24.0 Å². The number of halogens is 5. The fourth-order valence-electron chi connectivity index (χ4n) is 2.65. The number of fused-ring (bicyclic) bond motifs is 1. The molecule has 3 N–H and O–H groups in total. The molecule has 3 rings (SSSR count). The SMILES string of the molecule is I.NC(=NCc1cccc(C(F)(F)F)c1)NCc1cc(F)cc2c1OCOC2. The Morgan fingerprint density at radius 3 is 2.75 bits per heavy atom. The van der Waals surface area contributed by atoms with Crippen molar-refractivity contribution < 1.29 is 27.0 Å². The highest BCUT2D eigenvalue weighted by Crippen LogP contribution is 2.30. The first-order valence-electron chi connectivity index (χ1n) is 8.04.